The van der Waals surface area contributed by atoms with Crippen LogP contribution in [-0.2, 0) is 27.7 Å². The van der Waals surface area contributed by atoms with E-state index in [1.807, 2.05) is 0 Å². The lowest BCUT2D eigenvalue weighted by Crippen LogP contribution is -2.39. The van der Waals surface area contributed by atoms with Crippen LogP contribution >= 0.6 is 0 Å². The molecule has 1 N–H and O–H groups in total. The molecule has 2 aromatic rings. The molecule has 2 rings (SSSR count). The number of amides is 1. The van der Waals surface area contributed by atoms with Crippen molar-refractivity contribution in [2.75, 3.05) is 25.9 Å². The highest BCUT2D eigenvalue weighted by atomic mass is 32.2. The van der Waals surface area contributed by atoms with Gasteiger partial charge in [-0.15, -0.1) is 0 Å². The summed E-state index contributed by atoms with van der Waals surface area (Å²) in [4.78, 5) is 11.9. The van der Waals surface area contributed by atoms with Crippen molar-refractivity contribution in [3.05, 3.63) is 71.3 Å². The second-order valence-corrected chi connectivity index (χ2v) is 8.14. The number of sulfonamides is 1. The van der Waals surface area contributed by atoms with Crippen LogP contribution in [0, 0.1) is 11.6 Å². The van der Waals surface area contributed by atoms with Crippen LogP contribution in [0.2, 0.25) is 0 Å². The number of benzene rings is 2. The van der Waals surface area contributed by atoms with E-state index in [1.165, 1.54) is 28.6 Å². The van der Waals surface area contributed by atoms with Crippen LogP contribution in [0.25, 0.3) is 0 Å². The molecular weight excluding hydrogens is 374 g/mol. The van der Waals surface area contributed by atoms with Crippen LogP contribution in [0.1, 0.15) is 11.1 Å². The van der Waals surface area contributed by atoms with Gasteiger partial charge in [0.15, 0.2) is 0 Å². The van der Waals surface area contributed by atoms with Crippen molar-refractivity contribution in [1.82, 2.24) is 9.62 Å². The Hall–Kier alpha value is -2.32. The highest BCUT2D eigenvalue weighted by Gasteiger charge is 2.16. The quantitative estimate of drug-likeness (QED) is 0.706. The molecule has 2 aromatic carbocycles. The molecule has 27 heavy (non-hydrogen) atoms. The van der Waals surface area contributed by atoms with E-state index in [0.29, 0.717) is 6.42 Å². The van der Waals surface area contributed by atoms with Gasteiger partial charge < -0.3 is 5.32 Å². The first-order valence-electron chi connectivity index (χ1n) is 8.45. The molecule has 0 saturated carbocycles. The Bertz CT molecular complexity index is 871. The summed E-state index contributed by atoms with van der Waals surface area (Å²) < 4.78 is 51.6. The molecule has 0 saturated heterocycles. The van der Waals surface area contributed by atoms with E-state index in [-0.39, 0.29) is 43.3 Å². The van der Waals surface area contributed by atoms with Gasteiger partial charge in [0.05, 0.1) is 12.7 Å². The number of halogens is 2. The summed E-state index contributed by atoms with van der Waals surface area (Å²) in [7, 11) is -3.46. The number of rotatable bonds is 9. The number of carbonyl (C=O) groups excluding carboxylic acids is 1. The standard InChI is InChI=1S/C19H22F2N2O3S/c1-27(25,26)23(12-10-15-6-8-17(20)9-7-15)13-11-22-19(24)14-16-4-2-3-5-18(16)21/h2-9H,10-14H2,1H3,(H,22,24). The van der Waals surface area contributed by atoms with Gasteiger partial charge >= 0.3 is 0 Å². The molecule has 0 unspecified atom stereocenters. The molecule has 1 amide bonds. The molecule has 0 aliphatic heterocycles. The van der Waals surface area contributed by atoms with Crippen molar-refractivity contribution >= 4 is 15.9 Å². The third-order valence-electron chi connectivity index (χ3n) is 4.02. The summed E-state index contributed by atoms with van der Waals surface area (Å²) in [6.07, 6.45) is 1.41. The molecule has 0 aliphatic rings. The van der Waals surface area contributed by atoms with Crippen molar-refractivity contribution in [3.8, 4) is 0 Å². The van der Waals surface area contributed by atoms with Gasteiger partial charge in [0.2, 0.25) is 15.9 Å². The lowest BCUT2D eigenvalue weighted by molar-refractivity contribution is -0.120. The SMILES string of the molecule is CS(=O)(=O)N(CCNC(=O)Cc1ccccc1F)CCc1ccc(F)cc1. The van der Waals surface area contributed by atoms with Crippen LogP contribution in [0.3, 0.4) is 0 Å². The minimum Gasteiger partial charge on any atom is -0.354 e. The molecule has 0 radical (unpaired) electrons. The van der Waals surface area contributed by atoms with Gasteiger partial charge in [0.25, 0.3) is 0 Å². The summed E-state index contributed by atoms with van der Waals surface area (Å²) in [5.74, 6) is -1.19. The zero-order chi connectivity index (χ0) is 19.9. The van der Waals surface area contributed by atoms with Gasteiger partial charge in [-0.3, -0.25) is 4.79 Å². The normalized spacial score (nSPS) is 11.6. The first-order valence-corrected chi connectivity index (χ1v) is 10.3. The number of hydrogen-bond donors (Lipinski definition) is 1. The van der Waals surface area contributed by atoms with E-state index in [1.54, 1.807) is 24.3 Å². The van der Waals surface area contributed by atoms with Crippen molar-refractivity contribution in [1.29, 1.82) is 0 Å². The first-order chi connectivity index (χ1) is 12.8. The molecule has 0 bridgehead atoms. The van der Waals surface area contributed by atoms with Crippen LogP contribution in [-0.4, -0.2) is 44.5 Å². The predicted octanol–water partition coefficient (Wildman–Crippen LogP) is 2.13. The summed E-state index contributed by atoms with van der Waals surface area (Å²) >= 11 is 0. The highest BCUT2D eigenvalue weighted by Crippen LogP contribution is 2.08. The molecule has 8 heteroatoms. The Morgan fingerprint density at radius 1 is 1.04 bits per heavy atom. The second kappa shape index (κ2) is 9.57. The summed E-state index contributed by atoms with van der Waals surface area (Å²) in [5, 5.41) is 2.61. The molecule has 0 fully saturated rings. The fraction of sp³-hybridized carbons (Fsp3) is 0.316. The van der Waals surface area contributed by atoms with E-state index < -0.39 is 15.8 Å². The summed E-state index contributed by atoms with van der Waals surface area (Å²) in [6, 6.07) is 11.8. The fourth-order valence-corrected chi connectivity index (χ4v) is 3.39. The maximum atomic E-state index is 13.6. The van der Waals surface area contributed by atoms with Gasteiger partial charge in [-0.05, 0) is 35.7 Å². The Morgan fingerprint density at radius 2 is 1.70 bits per heavy atom. The van der Waals surface area contributed by atoms with Gasteiger partial charge in [0.1, 0.15) is 11.6 Å². The summed E-state index contributed by atoms with van der Waals surface area (Å²) in [6.45, 7) is 0.431. The van der Waals surface area contributed by atoms with Crippen LogP contribution in [0.15, 0.2) is 48.5 Å². The minimum absolute atomic E-state index is 0.100. The minimum atomic E-state index is -3.46. The Kier molecular flexibility index (Phi) is 7.44. The Labute approximate surface area is 158 Å². The van der Waals surface area contributed by atoms with Gasteiger partial charge in [0, 0.05) is 19.6 Å². The molecule has 0 atom stereocenters. The molecule has 5 nitrogen and oxygen atoms in total. The monoisotopic (exact) mass is 396 g/mol. The van der Waals surface area contributed by atoms with Crippen molar-refractivity contribution in [2.45, 2.75) is 12.8 Å². The lowest BCUT2D eigenvalue weighted by Gasteiger charge is -2.20. The third kappa shape index (κ3) is 7.07. The number of hydrogen-bond acceptors (Lipinski definition) is 3. The van der Waals surface area contributed by atoms with Crippen LogP contribution in [0.4, 0.5) is 8.78 Å². The molecule has 0 spiro atoms. The zero-order valence-electron chi connectivity index (χ0n) is 15.0. The Balaban J connectivity index is 1.84. The Morgan fingerprint density at radius 3 is 2.33 bits per heavy atom. The predicted molar refractivity (Wildman–Crippen MR) is 99.6 cm³/mol. The molecule has 146 valence electrons. The maximum absolute atomic E-state index is 13.6. The highest BCUT2D eigenvalue weighted by molar-refractivity contribution is 7.88. The van der Waals surface area contributed by atoms with E-state index in [4.69, 9.17) is 0 Å². The average molecular weight is 396 g/mol. The fourth-order valence-electron chi connectivity index (χ4n) is 2.55. The third-order valence-corrected chi connectivity index (χ3v) is 5.33. The second-order valence-electron chi connectivity index (χ2n) is 6.16. The van der Waals surface area contributed by atoms with Crippen LogP contribution in [0.5, 0.6) is 0 Å². The van der Waals surface area contributed by atoms with Crippen molar-refractivity contribution in [2.24, 2.45) is 0 Å². The molecule has 0 aliphatic carbocycles. The first kappa shape index (κ1) is 21.0. The zero-order valence-corrected chi connectivity index (χ0v) is 15.8. The van der Waals surface area contributed by atoms with Crippen molar-refractivity contribution in [3.63, 3.8) is 0 Å². The number of carbonyl (C=O) groups is 1. The number of nitrogens with one attached hydrogen (secondary N) is 1. The van der Waals surface area contributed by atoms with Gasteiger partial charge in [-0.2, -0.15) is 0 Å². The van der Waals surface area contributed by atoms with E-state index in [0.717, 1.165) is 11.8 Å². The topological polar surface area (TPSA) is 66.5 Å². The van der Waals surface area contributed by atoms with Crippen LogP contribution < -0.4 is 5.32 Å². The molecule has 0 heterocycles. The lowest BCUT2D eigenvalue weighted by atomic mass is 10.1. The van der Waals surface area contributed by atoms with Crippen molar-refractivity contribution < 1.29 is 22.0 Å². The number of nitrogens with zero attached hydrogens (tertiary/aromatic N) is 1. The maximum Gasteiger partial charge on any atom is 0.224 e. The average Bonchev–Trinajstić information content (AvgIpc) is 2.60. The van der Waals surface area contributed by atoms with E-state index in [2.05, 4.69) is 5.32 Å². The largest absolute Gasteiger partial charge is 0.354 e. The summed E-state index contributed by atoms with van der Waals surface area (Å²) in [5.41, 5.74) is 1.10. The molecule has 0 aromatic heterocycles. The van der Waals surface area contributed by atoms with Gasteiger partial charge in [-0.1, -0.05) is 30.3 Å². The smallest absolute Gasteiger partial charge is 0.224 e. The van der Waals surface area contributed by atoms with E-state index in [9.17, 15) is 22.0 Å². The van der Waals surface area contributed by atoms with E-state index >= 15 is 0 Å². The molecular formula is C19H22F2N2O3S. The van der Waals surface area contributed by atoms with Gasteiger partial charge in [-0.25, -0.2) is 21.5 Å².